The molecule has 1 aliphatic heterocycles. The van der Waals surface area contributed by atoms with Crippen LogP contribution >= 0.6 is 0 Å². The summed E-state index contributed by atoms with van der Waals surface area (Å²) in [5.74, 6) is -0.0433. The highest BCUT2D eigenvalue weighted by molar-refractivity contribution is 5.93. The Morgan fingerprint density at radius 1 is 1.22 bits per heavy atom. The number of amides is 1. The van der Waals surface area contributed by atoms with Crippen molar-refractivity contribution in [2.45, 2.75) is 13.5 Å². The highest BCUT2D eigenvalue weighted by Crippen LogP contribution is 2.12. The molecule has 1 fully saturated rings. The number of nitrogens with zero attached hydrogens (tertiary/aromatic N) is 3. The van der Waals surface area contributed by atoms with Gasteiger partial charge in [0.1, 0.15) is 5.69 Å². The third-order valence-corrected chi connectivity index (χ3v) is 4.73. The Morgan fingerprint density at radius 3 is 2.74 bits per heavy atom. The summed E-state index contributed by atoms with van der Waals surface area (Å²) >= 11 is 0. The molecule has 144 valence electrons. The Bertz CT molecular complexity index is 717. The molecule has 27 heavy (non-hydrogen) atoms. The van der Waals surface area contributed by atoms with Gasteiger partial charge in [0, 0.05) is 51.2 Å². The molecule has 3 rings (SSSR count). The maximum absolute atomic E-state index is 12.9. The van der Waals surface area contributed by atoms with Crippen LogP contribution in [0, 0.1) is 0 Å². The number of ether oxygens (including phenoxy) is 1. The van der Waals surface area contributed by atoms with Crippen molar-refractivity contribution >= 4 is 11.6 Å². The number of benzene rings is 1. The molecule has 1 aromatic carbocycles. The average Bonchev–Trinajstić information content (AvgIpc) is 2.73. The van der Waals surface area contributed by atoms with E-state index in [4.69, 9.17) is 4.74 Å². The first-order valence-corrected chi connectivity index (χ1v) is 9.59. The summed E-state index contributed by atoms with van der Waals surface area (Å²) in [4.78, 5) is 21.3. The van der Waals surface area contributed by atoms with Crippen molar-refractivity contribution in [1.29, 1.82) is 0 Å². The van der Waals surface area contributed by atoms with E-state index in [2.05, 4.69) is 15.2 Å². The number of nitrogens with one attached hydrogen (secondary N) is 1. The zero-order valence-electron chi connectivity index (χ0n) is 15.9. The van der Waals surface area contributed by atoms with Crippen LogP contribution in [0.5, 0.6) is 0 Å². The Labute approximate surface area is 161 Å². The van der Waals surface area contributed by atoms with Crippen LogP contribution in [-0.2, 0) is 11.3 Å². The zero-order chi connectivity index (χ0) is 18.9. The highest BCUT2D eigenvalue weighted by atomic mass is 16.5. The third-order valence-electron chi connectivity index (χ3n) is 4.73. The van der Waals surface area contributed by atoms with Gasteiger partial charge in [0.2, 0.25) is 0 Å². The molecule has 1 N–H and O–H groups in total. The monoisotopic (exact) mass is 368 g/mol. The molecule has 6 heteroatoms. The van der Waals surface area contributed by atoms with Crippen molar-refractivity contribution in [2.75, 3.05) is 51.3 Å². The lowest BCUT2D eigenvalue weighted by Gasteiger charge is -2.26. The first-order chi connectivity index (χ1) is 13.3. The van der Waals surface area contributed by atoms with E-state index in [0.29, 0.717) is 18.8 Å². The predicted molar refractivity (Wildman–Crippen MR) is 107 cm³/mol. The van der Waals surface area contributed by atoms with E-state index in [1.165, 1.54) is 0 Å². The smallest absolute Gasteiger partial charge is 0.272 e. The van der Waals surface area contributed by atoms with Crippen LogP contribution in [0.4, 0.5) is 5.69 Å². The Kier molecular flexibility index (Phi) is 7.19. The summed E-state index contributed by atoms with van der Waals surface area (Å²) in [6.45, 7) is 8.59. The minimum Gasteiger partial charge on any atom is -0.384 e. The van der Waals surface area contributed by atoms with E-state index >= 15 is 0 Å². The van der Waals surface area contributed by atoms with Crippen molar-refractivity contribution in [3.63, 3.8) is 0 Å². The molecule has 2 aromatic rings. The summed E-state index contributed by atoms with van der Waals surface area (Å²) in [5.41, 5.74) is 2.52. The van der Waals surface area contributed by atoms with Crippen molar-refractivity contribution < 1.29 is 9.53 Å². The lowest BCUT2D eigenvalue weighted by atomic mass is 10.2. The van der Waals surface area contributed by atoms with Crippen LogP contribution in [0.1, 0.15) is 23.0 Å². The Balaban J connectivity index is 1.56. The molecule has 2 heterocycles. The summed E-state index contributed by atoms with van der Waals surface area (Å²) in [7, 11) is 0. The minimum atomic E-state index is -0.0433. The van der Waals surface area contributed by atoms with Gasteiger partial charge in [-0.3, -0.25) is 14.7 Å². The van der Waals surface area contributed by atoms with E-state index in [1.54, 1.807) is 6.20 Å². The number of hydrogen-bond donors (Lipinski definition) is 1. The quantitative estimate of drug-likeness (QED) is 0.776. The molecule has 0 bridgehead atoms. The standard InChI is InChI=1S/C21H28N4O2/c1-2-25(17-18-6-4-3-5-7-18)21(26)20-16-19(8-9-23-20)22-10-11-24-12-14-27-15-13-24/h3-9,16H,2,10-15,17H2,1H3,(H,22,23). The molecule has 0 atom stereocenters. The van der Waals surface area contributed by atoms with E-state index in [9.17, 15) is 4.79 Å². The molecule has 1 aromatic heterocycles. The van der Waals surface area contributed by atoms with Crippen molar-refractivity contribution in [3.05, 3.63) is 59.9 Å². The third kappa shape index (κ3) is 5.77. The van der Waals surface area contributed by atoms with Gasteiger partial charge in [0.15, 0.2) is 0 Å². The minimum absolute atomic E-state index is 0.0433. The van der Waals surface area contributed by atoms with Gasteiger partial charge in [-0.2, -0.15) is 0 Å². The number of carbonyl (C=O) groups is 1. The number of hydrogen-bond acceptors (Lipinski definition) is 5. The second kappa shape index (κ2) is 10.0. The van der Waals surface area contributed by atoms with Gasteiger partial charge in [0.05, 0.1) is 13.2 Å². The molecule has 1 amide bonds. The lowest BCUT2D eigenvalue weighted by Crippen LogP contribution is -2.39. The molecule has 0 spiro atoms. The normalized spacial score (nSPS) is 14.7. The van der Waals surface area contributed by atoms with E-state index in [1.807, 2.05) is 54.3 Å². The highest BCUT2D eigenvalue weighted by Gasteiger charge is 2.16. The van der Waals surface area contributed by atoms with Crippen LogP contribution < -0.4 is 5.32 Å². The van der Waals surface area contributed by atoms with E-state index < -0.39 is 0 Å². The summed E-state index contributed by atoms with van der Waals surface area (Å²) < 4.78 is 5.37. The first kappa shape index (κ1) is 19.3. The van der Waals surface area contributed by atoms with Crippen LogP contribution in [0.15, 0.2) is 48.7 Å². The summed E-state index contributed by atoms with van der Waals surface area (Å²) in [5, 5.41) is 3.40. The van der Waals surface area contributed by atoms with Crippen LogP contribution in [0.2, 0.25) is 0 Å². The van der Waals surface area contributed by atoms with Gasteiger partial charge in [-0.15, -0.1) is 0 Å². The van der Waals surface area contributed by atoms with Gasteiger partial charge in [-0.25, -0.2) is 0 Å². The first-order valence-electron chi connectivity index (χ1n) is 9.59. The largest absolute Gasteiger partial charge is 0.384 e. The number of anilines is 1. The summed E-state index contributed by atoms with van der Waals surface area (Å²) in [6.07, 6.45) is 1.70. The zero-order valence-corrected chi connectivity index (χ0v) is 15.9. The van der Waals surface area contributed by atoms with Crippen molar-refractivity contribution in [2.24, 2.45) is 0 Å². The fourth-order valence-corrected chi connectivity index (χ4v) is 3.13. The lowest BCUT2D eigenvalue weighted by molar-refractivity contribution is 0.0398. The molecule has 0 saturated carbocycles. The Morgan fingerprint density at radius 2 is 2.00 bits per heavy atom. The average molecular weight is 368 g/mol. The van der Waals surface area contributed by atoms with Crippen molar-refractivity contribution in [1.82, 2.24) is 14.8 Å². The predicted octanol–water partition coefficient (Wildman–Crippen LogP) is 2.49. The molecule has 1 aliphatic rings. The molecular formula is C21H28N4O2. The maximum Gasteiger partial charge on any atom is 0.272 e. The molecular weight excluding hydrogens is 340 g/mol. The number of carbonyl (C=O) groups excluding carboxylic acids is 1. The van der Waals surface area contributed by atoms with Gasteiger partial charge >= 0.3 is 0 Å². The number of morpholine rings is 1. The van der Waals surface area contributed by atoms with Gasteiger partial charge in [-0.1, -0.05) is 30.3 Å². The van der Waals surface area contributed by atoms with E-state index in [-0.39, 0.29) is 5.91 Å². The second-order valence-electron chi connectivity index (χ2n) is 6.62. The summed E-state index contributed by atoms with van der Waals surface area (Å²) in [6, 6.07) is 13.8. The van der Waals surface area contributed by atoms with Crippen LogP contribution in [0.25, 0.3) is 0 Å². The molecule has 0 radical (unpaired) electrons. The molecule has 0 unspecified atom stereocenters. The van der Waals surface area contributed by atoms with Crippen LogP contribution in [-0.4, -0.2) is 66.6 Å². The van der Waals surface area contributed by atoms with Crippen molar-refractivity contribution in [3.8, 4) is 0 Å². The fraction of sp³-hybridized carbons (Fsp3) is 0.429. The van der Waals surface area contributed by atoms with Gasteiger partial charge < -0.3 is 15.0 Å². The SMILES string of the molecule is CCN(Cc1ccccc1)C(=O)c1cc(NCCN2CCOCC2)ccn1. The maximum atomic E-state index is 12.9. The molecule has 6 nitrogen and oxygen atoms in total. The number of aromatic nitrogens is 1. The van der Waals surface area contributed by atoms with Gasteiger partial charge in [-0.05, 0) is 24.6 Å². The topological polar surface area (TPSA) is 57.7 Å². The molecule has 0 aliphatic carbocycles. The Hall–Kier alpha value is -2.44. The van der Waals surface area contributed by atoms with Gasteiger partial charge in [0.25, 0.3) is 5.91 Å². The number of pyridine rings is 1. The molecule has 1 saturated heterocycles. The van der Waals surface area contributed by atoms with Crippen LogP contribution in [0.3, 0.4) is 0 Å². The fourth-order valence-electron chi connectivity index (χ4n) is 3.13. The number of rotatable bonds is 8. The second-order valence-corrected chi connectivity index (χ2v) is 6.62. The van der Waals surface area contributed by atoms with E-state index in [0.717, 1.165) is 50.6 Å².